The van der Waals surface area contributed by atoms with Gasteiger partial charge >= 0.3 is 0 Å². The lowest BCUT2D eigenvalue weighted by Crippen LogP contribution is -2.37. The van der Waals surface area contributed by atoms with Crippen LogP contribution in [0.25, 0.3) is 0 Å². The van der Waals surface area contributed by atoms with Gasteiger partial charge in [-0.15, -0.1) is 11.3 Å². The van der Waals surface area contributed by atoms with E-state index in [1.54, 1.807) is 18.4 Å². The van der Waals surface area contributed by atoms with E-state index in [4.69, 9.17) is 0 Å². The van der Waals surface area contributed by atoms with Gasteiger partial charge in [0.2, 0.25) is 0 Å². The van der Waals surface area contributed by atoms with E-state index in [2.05, 4.69) is 53.7 Å². The number of aromatic nitrogens is 1. The van der Waals surface area contributed by atoms with E-state index >= 15 is 0 Å². The fourth-order valence-electron chi connectivity index (χ4n) is 1.78. The van der Waals surface area contributed by atoms with Gasteiger partial charge in [-0.2, -0.15) is 0 Å². The van der Waals surface area contributed by atoms with E-state index in [0.717, 1.165) is 30.7 Å². The molecule has 0 fully saturated rings. The van der Waals surface area contributed by atoms with Crippen LogP contribution < -0.4 is 10.6 Å². The monoisotopic (exact) mass is 296 g/mol. The Morgan fingerprint density at radius 3 is 2.60 bits per heavy atom. The first-order valence-corrected chi connectivity index (χ1v) is 8.29. The van der Waals surface area contributed by atoms with Crippen molar-refractivity contribution in [1.29, 1.82) is 0 Å². The predicted molar refractivity (Wildman–Crippen MR) is 88.5 cm³/mol. The Bertz CT molecular complexity index is 410. The highest BCUT2D eigenvalue weighted by molar-refractivity contribution is 7.09. The van der Waals surface area contributed by atoms with E-state index in [1.807, 2.05) is 0 Å². The van der Waals surface area contributed by atoms with Gasteiger partial charge in [0.25, 0.3) is 0 Å². The zero-order valence-corrected chi connectivity index (χ0v) is 14.2. The van der Waals surface area contributed by atoms with Crippen LogP contribution in [0, 0.1) is 5.92 Å². The molecular formula is C15H28N4S. The van der Waals surface area contributed by atoms with Crippen LogP contribution in [0.2, 0.25) is 0 Å². The number of rotatable bonds is 7. The molecule has 5 heteroatoms. The third-order valence-electron chi connectivity index (χ3n) is 2.97. The van der Waals surface area contributed by atoms with Crippen LogP contribution >= 0.6 is 11.3 Å². The van der Waals surface area contributed by atoms with Gasteiger partial charge in [0.1, 0.15) is 0 Å². The van der Waals surface area contributed by atoms with Gasteiger partial charge in [-0.25, -0.2) is 4.98 Å². The Morgan fingerprint density at radius 2 is 2.05 bits per heavy atom. The molecule has 114 valence electrons. The summed E-state index contributed by atoms with van der Waals surface area (Å²) >= 11 is 1.73. The van der Waals surface area contributed by atoms with Crippen LogP contribution in [0.4, 0.5) is 0 Å². The van der Waals surface area contributed by atoms with Crippen molar-refractivity contribution in [2.45, 2.75) is 53.0 Å². The molecule has 0 saturated heterocycles. The fraction of sp³-hybridized carbons (Fsp3) is 0.733. The third-order valence-corrected chi connectivity index (χ3v) is 4.17. The van der Waals surface area contributed by atoms with Crippen molar-refractivity contribution in [3.8, 4) is 0 Å². The summed E-state index contributed by atoms with van der Waals surface area (Å²) in [4.78, 5) is 8.84. The first-order valence-electron chi connectivity index (χ1n) is 7.41. The average Bonchev–Trinajstić information content (AvgIpc) is 2.86. The molecular weight excluding hydrogens is 268 g/mol. The van der Waals surface area contributed by atoms with Crippen molar-refractivity contribution in [2.75, 3.05) is 13.6 Å². The van der Waals surface area contributed by atoms with Gasteiger partial charge in [-0.1, -0.05) is 27.7 Å². The highest BCUT2D eigenvalue weighted by Gasteiger charge is 2.06. The summed E-state index contributed by atoms with van der Waals surface area (Å²) in [7, 11) is 1.80. The van der Waals surface area contributed by atoms with Gasteiger partial charge in [0, 0.05) is 24.9 Å². The Balaban J connectivity index is 2.30. The van der Waals surface area contributed by atoms with Gasteiger partial charge in [-0.05, 0) is 18.8 Å². The summed E-state index contributed by atoms with van der Waals surface area (Å²) in [6, 6.07) is 0. The van der Waals surface area contributed by atoms with Gasteiger partial charge in [0.15, 0.2) is 5.96 Å². The van der Waals surface area contributed by atoms with Crippen LogP contribution in [0.5, 0.6) is 0 Å². The molecule has 0 aliphatic rings. The fourth-order valence-corrected chi connectivity index (χ4v) is 2.62. The SMILES string of the molecule is CN=C(NCCCC(C)C)NCc1csc(C(C)C)n1. The normalized spacial score (nSPS) is 12.2. The van der Waals surface area contributed by atoms with Gasteiger partial charge < -0.3 is 10.6 Å². The largest absolute Gasteiger partial charge is 0.356 e. The summed E-state index contributed by atoms with van der Waals surface area (Å²) in [5.41, 5.74) is 1.09. The lowest BCUT2D eigenvalue weighted by molar-refractivity contribution is 0.549. The molecule has 0 bridgehead atoms. The summed E-state index contributed by atoms with van der Waals surface area (Å²) in [5, 5.41) is 9.96. The second-order valence-corrected chi connectivity index (χ2v) is 6.61. The van der Waals surface area contributed by atoms with E-state index in [-0.39, 0.29) is 0 Å². The van der Waals surface area contributed by atoms with E-state index in [1.165, 1.54) is 17.8 Å². The second-order valence-electron chi connectivity index (χ2n) is 5.72. The van der Waals surface area contributed by atoms with Crippen molar-refractivity contribution in [1.82, 2.24) is 15.6 Å². The minimum atomic E-state index is 0.502. The Morgan fingerprint density at radius 1 is 1.30 bits per heavy atom. The predicted octanol–water partition coefficient (Wildman–Crippen LogP) is 3.37. The summed E-state index contributed by atoms with van der Waals surface area (Å²) in [5.74, 6) is 2.12. The molecule has 2 N–H and O–H groups in total. The van der Waals surface area contributed by atoms with E-state index in [0.29, 0.717) is 5.92 Å². The van der Waals surface area contributed by atoms with Crippen LogP contribution in [0.1, 0.15) is 57.2 Å². The minimum absolute atomic E-state index is 0.502. The molecule has 0 aromatic carbocycles. The van der Waals surface area contributed by atoms with Crippen molar-refractivity contribution >= 4 is 17.3 Å². The maximum absolute atomic E-state index is 4.61. The number of nitrogens with one attached hydrogen (secondary N) is 2. The average molecular weight is 296 g/mol. The quantitative estimate of drug-likeness (QED) is 0.461. The summed E-state index contributed by atoms with van der Waals surface area (Å²) in [6.07, 6.45) is 2.42. The Labute approximate surface area is 127 Å². The second kappa shape index (κ2) is 8.95. The molecule has 0 atom stereocenters. The molecule has 0 spiro atoms. The standard InChI is InChI=1S/C15H28N4S/c1-11(2)7-6-8-17-15(16-5)18-9-13-10-20-14(19-13)12(3)4/h10-12H,6-9H2,1-5H3,(H2,16,17,18). The molecule has 0 radical (unpaired) electrons. The molecule has 1 rings (SSSR count). The van der Waals surface area contributed by atoms with Gasteiger partial charge in [0.05, 0.1) is 17.2 Å². The summed E-state index contributed by atoms with van der Waals surface area (Å²) < 4.78 is 0. The number of hydrogen-bond acceptors (Lipinski definition) is 3. The van der Waals surface area contributed by atoms with E-state index < -0.39 is 0 Å². The number of thiazole rings is 1. The Hall–Kier alpha value is -1.10. The van der Waals surface area contributed by atoms with Gasteiger partial charge in [-0.3, -0.25) is 4.99 Å². The molecule has 0 amide bonds. The molecule has 0 unspecified atom stereocenters. The van der Waals surface area contributed by atoms with Crippen LogP contribution in [0.3, 0.4) is 0 Å². The van der Waals surface area contributed by atoms with Crippen LogP contribution in [0.15, 0.2) is 10.4 Å². The maximum Gasteiger partial charge on any atom is 0.191 e. The van der Waals surface area contributed by atoms with Crippen LogP contribution in [-0.2, 0) is 6.54 Å². The topological polar surface area (TPSA) is 49.3 Å². The molecule has 1 heterocycles. The molecule has 0 aliphatic carbocycles. The first-order chi connectivity index (χ1) is 9.52. The highest BCUT2D eigenvalue weighted by atomic mass is 32.1. The first kappa shape index (κ1) is 17.0. The smallest absolute Gasteiger partial charge is 0.191 e. The third kappa shape index (κ3) is 6.37. The van der Waals surface area contributed by atoms with E-state index in [9.17, 15) is 0 Å². The summed E-state index contributed by atoms with van der Waals surface area (Å²) in [6.45, 7) is 10.5. The van der Waals surface area contributed by atoms with Crippen molar-refractivity contribution in [2.24, 2.45) is 10.9 Å². The van der Waals surface area contributed by atoms with Crippen molar-refractivity contribution in [3.63, 3.8) is 0 Å². The zero-order valence-electron chi connectivity index (χ0n) is 13.4. The molecule has 20 heavy (non-hydrogen) atoms. The Kier molecular flexibility index (Phi) is 7.59. The molecule has 0 aliphatic heterocycles. The highest BCUT2D eigenvalue weighted by Crippen LogP contribution is 2.18. The molecule has 1 aromatic rings. The molecule has 4 nitrogen and oxygen atoms in total. The minimum Gasteiger partial charge on any atom is -0.356 e. The molecule has 0 saturated carbocycles. The lowest BCUT2D eigenvalue weighted by atomic mass is 10.1. The zero-order chi connectivity index (χ0) is 15.0. The number of aliphatic imine (C=N–C) groups is 1. The number of nitrogens with zero attached hydrogens (tertiary/aromatic N) is 2. The molecule has 1 aromatic heterocycles. The number of hydrogen-bond donors (Lipinski definition) is 2. The van der Waals surface area contributed by atoms with Crippen molar-refractivity contribution in [3.05, 3.63) is 16.1 Å². The number of guanidine groups is 1. The lowest BCUT2D eigenvalue weighted by Gasteiger charge is -2.11. The van der Waals surface area contributed by atoms with Crippen LogP contribution in [-0.4, -0.2) is 24.5 Å². The maximum atomic E-state index is 4.61. The van der Waals surface area contributed by atoms with Crippen molar-refractivity contribution < 1.29 is 0 Å².